The van der Waals surface area contributed by atoms with Gasteiger partial charge >= 0.3 is 5.97 Å². The van der Waals surface area contributed by atoms with Crippen molar-refractivity contribution in [3.63, 3.8) is 0 Å². The molecule has 2 atom stereocenters. The fourth-order valence-corrected chi connectivity index (χ4v) is 5.56. The maximum atomic E-state index is 13.8. The Morgan fingerprint density at radius 1 is 1.00 bits per heavy atom. The van der Waals surface area contributed by atoms with Gasteiger partial charge in [-0.15, -0.1) is 0 Å². The van der Waals surface area contributed by atoms with Crippen LogP contribution in [0, 0.1) is 5.41 Å². The summed E-state index contributed by atoms with van der Waals surface area (Å²) in [6, 6.07) is 15.7. The summed E-state index contributed by atoms with van der Waals surface area (Å²) in [5.41, 5.74) is 8.57. The number of nitrogens with zero attached hydrogens (tertiary/aromatic N) is 2. The van der Waals surface area contributed by atoms with Crippen LogP contribution in [0.5, 0.6) is 0 Å². The van der Waals surface area contributed by atoms with Gasteiger partial charge in [0.25, 0.3) is 5.56 Å². The first-order valence-electron chi connectivity index (χ1n) is 13.3. The second-order valence-electron chi connectivity index (χ2n) is 10.2. The number of hydrogen-bond donors (Lipinski definition) is 2. The van der Waals surface area contributed by atoms with Crippen molar-refractivity contribution in [1.29, 1.82) is 5.41 Å². The second-order valence-corrected chi connectivity index (χ2v) is 10.2. The van der Waals surface area contributed by atoms with Gasteiger partial charge in [-0.05, 0) is 81.3 Å². The van der Waals surface area contributed by atoms with Gasteiger partial charge in [0.1, 0.15) is 5.84 Å². The number of aryl methyl sites for hydroxylation is 1. The fourth-order valence-electron chi connectivity index (χ4n) is 5.56. The summed E-state index contributed by atoms with van der Waals surface area (Å²) in [4.78, 5) is 28.6. The third-order valence-corrected chi connectivity index (χ3v) is 7.68. The van der Waals surface area contributed by atoms with Gasteiger partial charge in [-0.1, -0.05) is 37.1 Å². The molecule has 0 bridgehead atoms. The molecule has 0 unspecified atom stereocenters. The Morgan fingerprint density at radius 3 is 2.43 bits per heavy atom. The minimum atomic E-state index is -0.427. The smallest absolute Gasteiger partial charge is 0.337 e. The normalized spacial score (nSPS) is 18.1. The van der Waals surface area contributed by atoms with Crippen LogP contribution >= 0.6 is 0 Å². The number of hydrogen-bond acceptors (Lipinski definition) is 5. The standard InChI is InChI=1S/C30H38N4O3/c1-20-9-7-10-21(2)33(20)15-5-4-6-16-34-27-19-25(30(36)37-3)14-13-23(27)18-26(29(34)35)22-11-8-12-24(17-22)28(31)32/h8,11-14,17-21H,4-7,9-10,15-16H2,1-3H3,(H3,31,32)/t20-,21+. The Labute approximate surface area is 218 Å². The first-order valence-corrected chi connectivity index (χ1v) is 13.3. The van der Waals surface area contributed by atoms with Gasteiger partial charge in [0.2, 0.25) is 0 Å². The van der Waals surface area contributed by atoms with Gasteiger partial charge in [-0.3, -0.25) is 15.1 Å². The SMILES string of the molecule is COC(=O)c1ccc2cc(-c3cccc(C(=N)N)c3)c(=O)n(CCCCCN3[C@H](C)CCC[C@@H]3C)c2c1. The minimum absolute atomic E-state index is 0.0389. The number of aromatic nitrogens is 1. The van der Waals surface area contributed by atoms with Crippen LogP contribution in [0.1, 0.15) is 68.3 Å². The van der Waals surface area contributed by atoms with Crippen LogP contribution in [0.2, 0.25) is 0 Å². The summed E-state index contributed by atoms with van der Waals surface area (Å²) in [5.74, 6) is -0.466. The lowest BCUT2D eigenvalue weighted by molar-refractivity contribution is 0.0601. The molecular weight excluding hydrogens is 464 g/mol. The number of pyridine rings is 1. The van der Waals surface area contributed by atoms with Crippen LogP contribution in [-0.2, 0) is 11.3 Å². The van der Waals surface area contributed by atoms with Crippen LogP contribution in [-0.4, -0.2) is 47.0 Å². The first-order chi connectivity index (χ1) is 17.8. The molecule has 1 fully saturated rings. The van der Waals surface area contributed by atoms with Crippen LogP contribution in [0.15, 0.2) is 53.3 Å². The van der Waals surface area contributed by atoms with Gasteiger partial charge in [-0.2, -0.15) is 0 Å². The summed E-state index contributed by atoms with van der Waals surface area (Å²) in [6.45, 7) is 6.30. The Hall–Kier alpha value is -3.45. The molecule has 2 aromatic carbocycles. The van der Waals surface area contributed by atoms with Crippen molar-refractivity contribution in [2.45, 2.75) is 71.0 Å². The average Bonchev–Trinajstić information content (AvgIpc) is 2.90. The number of methoxy groups -OCH3 is 1. The molecule has 37 heavy (non-hydrogen) atoms. The number of carbonyl (C=O) groups is 1. The highest BCUT2D eigenvalue weighted by molar-refractivity contribution is 5.97. The second kappa shape index (κ2) is 11.7. The molecular formula is C30H38N4O3. The molecule has 4 rings (SSSR count). The molecule has 2 heterocycles. The Bertz CT molecular complexity index is 1340. The van der Waals surface area contributed by atoms with E-state index in [1.807, 2.05) is 24.3 Å². The molecule has 0 amide bonds. The van der Waals surface area contributed by atoms with Gasteiger partial charge in [0, 0.05) is 29.8 Å². The highest BCUT2D eigenvalue weighted by Crippen LogP contribution is 2.25. The van der Waals surface area contributed by atoms with Crippen molar-refractivity contribution in [2.75, 3.05) is 13.7 Å². The lowest BCUT2D eigenvalue weighted by Crippen LogP contribution is -2.44. The van der Waals surface area contributed by atoms with Crippen molar-refractivity contribution in [3.05, 3.63) is 70.0 Å². The number of nitrogens with two attached hydrogens (primary N) is 1. The average molecular weight is 503 g/mol. The van der Waals surface area contributed by atoms with Gasteiger partial charge in [-0.25, -0.2) is 4.79 Å². The topological polar surface area (TPSA) is 101 Å². The number of ether oxygens (including phenoxy) is 1. The number of amidine groups is 1. The zero-order valence-electron chi connectivity index (χ0n) is 22.1. The van der Waals surface area contributed by atoms with E-state index in [2.05, 4.69) is 18.7 Å². The van der Waals surface area contributed by atoms with E-state index in [1.54, 1.807) is 28.8 Å². The van der Waals surface area contributed by atoms with E-state index in [1.165, 1.54) is 26.4 Å². The number of nitrogens with one attached hydrogen (secondary N) is 1. The van der Waals surface area contributed by atoms with Gasteiger partial charge < -0.3 is 15.0 Å². The number of fused-ring (bicyclic) bond motifs is 1. The van der Waals surface area contributed by atoms with Gasteiger partial charge in [0.15, 0.2) is 0 Å². The molecule has 7 heteroatoms. The molecule has 0 saturated carbocycles. The summed E-state index contributed by atoms with van der Waals surface area (Å²) in [7, 11) is 1.36. The number of nitrogen functional groups attached to an aromatic ring is 1. The number of likely N-dealkylation sites (tertiary alicyclic amines) is 1. The molecule has 0 radical (unpaired) electrons. The van der Waals surface area contributed by atoms with Crippen molar-refractivity contribution >= 4 is 22.7 Å². The molecule has 3 N–H and O–H groups in total. The summed E-state index contributed by atoms with van der Waals surface area (Å²) in [6.07, 6.45) is 6.83. The maximum absolute atomic E-state index is 13.8. The molecule has 1 saturated heterocycles. The van der Waals surface area contributed by atoms with Crippen LogP contribution in [0.3, 0.4) is 0 Å². The number of benzene rings is 2. The molecule has 1 aromatic heterocycles. The van der Waals surface area contributed by atoms with Crippen molar-refractivity contribution in [3.8, 4) is 11.1 Å². The van der Waals surface area contributed by atoms with Crippen LogP contribution in [0.4, 0.5) is 0 Å². The number of carbonyl (C=O) groups excluding carboxylic acids is 1. The van der Waals surface area contributed by atoms with Crippen LogP contribution in [0.25, 0.3) is 22.0 Å². The highest BCUT2D eigenvalue weighted by atomic mass is 16.5. The monoisotopic (exact) mass is 502 g/mol. The fraction of sp³-hybridized carbons (Fsp3) is 0.433. The highest BCUT2D eigenvalue weighted by Gasteiger charge is 2.23. The van der Waals surface area contributed by atoms with Crippen molar-refractivity contribution < 1.29 is 9.53 Å². The zero-order chi connectivity index (χ0) is 26.5. The third kappa shape index (κ3) is 5.93. The lowest BCUT2D eigenvalue weighted by atomic mass is 9.97. The largest absolute Gasteiger partial charge is 0.465 e. The van der Waals surface area contributed by atoms with E-state index >= 15 is 0 Å². The van der Waals surface area contributed by atoms with Crippen molar-refractivity contribution in [1.82, 2.24) is 9.47 Å². The van der Waals surface area contributed by atoms with Crippen molar-refractivity contribution in [2.24, 2.45) is 5.73 Å². The maximum Gasteiger partial charge on any atom is 0.337 e. The summed E-state index contributed by atoms with van der Waals surface area (Å²) < 4.78 is 6.69. The van der Waals surface area contributed by atoms with E-state index < -0.39 is 5.97 Å². The summed E-state index contributed by atoms with van der Waals surface area (Å²) >= 11 is 0. The van der Waals surface area contributed by atoms with Crippen LogP contribution < -0.4 is 11.3 Å². The molecule has 3 aromatic rings. The Morgan fingerprint density at radius 2 is 1.73 bits per heavy atom. The van der Waals surface area contributed by atoms with E-state index in [-0.39, 0.29) is 11.4 Å². The first kappa shape index (κ1) is 26.6. The molecule has 1 aliphatic rings. The predicted molar refractivity (Wildman–Crippen MR) is 149 cm³/mol. The molecule has 0 spiro atoms. The number of rotatable bonds is 9. The van der Waals surface area contributed by atoms with E-state index in [9.17, 15) is 9.59 Å². The predicted octanol–water partition coefficient (Wildman–Crippen LogP) is 5.17. The zero-order valence-corrected chi connectivity index (χ0v) is 22.1. The molecule has 7 nitrogen and oxygen atoms in total. The quantitative estimate of drug-likeness (QED) is 0.182. The Kier molecular flexibility index (Phi) is 8.44. The minimum Gasteiger partial charge on any atom is -0.465 e. The van der Waals surface area contributed by atoms with Gasteiger partial charge in [0.05, 0.1) is 18.2 Å². The van der Waals surface area contributed by atoms with E-state index in [4.69, 9.17) is 15.9 Å². The lowest BCUT2D eigenvalue weighted by Gasteiger charge is -2.39. The molecule has 196 valence electrons. The summed E-state index contributed by atoms with van der Waals surface area (Å²) in [5, 5.41) is 8.65. The van der Waals surface area contributed by atoms with E-state index in [0.29, 0.717) is 35.3 Å². The number of piperidine rings is 1. The molecule has 0 aliphatic carbocycles. The number of unbranched alkanes of at least 4 members (excludes halogenated alkanes) is 2. The molecule has 1 aliphatic heterocycles. The Balaban J connectivity index is 1.62. The van der Waals surface area contributed by atoms with E-state index in [0.717, 1.165) is 42.3 Å². The number of esters is 1. The third-order valence-electron chi connectivity index (χ3n) is 7.68.